The first-order valence-electron chi connectivity index (χ1n) is 5.90. The second-order valence-electron chi connectivity index (χ2n) is 3.81. The summed E-state index contributed by atoms with van der Waals surface area (Å²) in [4.78, 5) is 11.7. The van der Waals surface area contributed by atoms with Gasteiger partial charge in [0.1, 0.15) is 17.9 Å². The molecule has 0 aliphatic carbocycles. The Kier molecular flexibility index (Phi) is 5.09. The lowest BCUT2D eigenvalue weighted by Gasteiger charge is -2.03. The molecular weight excluding hydrogens is 204 g/mol. The summed E-state index contributed by atoms with van der Waals surface area (Å²) in [6.07, 6.45) is 5.37. The molecule has 1 heterocycles. The minimum atomic E-state index is -0.264. The van der Waals surface area contributed by atoms with Crippen LogP contribution in [0.25, 0.3) is 0 Å². The lowest BCUT2D eigenvalue weighted by atomic mass is 10.1. The second kappa shape index (κ2) is 6.36. The number of carbonyl (C=O) groups excluding carboxylic acids is 1. The number of rotatable bonds is 5. The highest BCUT2D eigenvalue weighted by atomic mass is 16.5. The van der Waals surface area contributed by atoms with Crippen molar-refractivity contribution in [2.24, 2.45) is 0 Å². The van der Waals surface area contributed by atoms with E-state index in [4.69, 9.17) is 9.47 Å². The van der Waals surface area contributed by atoms with Crippen LogP contribution in [0.4, 0.5) is 0 Å². The van der Waals surface area contributed by atoms with Gasteiger partial charge < -0.3 is 9.47 Å². The molecule has 0 fully saturated rings. The fraction of sp³-hybridized carbons (Fsp3) is 0.615. The van der Waals surface area contributed by atoms with Gasteiger partial charge in [-0.1, -0.05) is 25.8 Å². The summed E-state index contributed by atoms with van der Waals surface area (Å²) in [6.45, 7) is 6.68. The first-order valence-corrected chi connectivity index (χ1v) is 5.90. The number of unbranched alkanes of at least 4 members (excludes halogenated alkanes) is 2. The van der Waals surface area contributed by atoms with Crippen molar-refractivity contribution in [1.29, 1.82) is 0 Å². The maximum atomic E-state index is 11.7. The van der Waals surface area contributed by atoms with Gasteiger partial charge in [-0.3, -0.25) is 0 Å². The Balaban J connectivity index is 2.73. The molecule has 1 aliphatic rings. The standard InChI is InChI=1S/C13H20O3/c1-4-6-7-8-11-9-16-10(3)12(11)13(14)15-5-2/h8H,4-7,9H2,1-3H3/b11-8+. The molecule has 90 valence electrons. The molecule has 0 aromatic carbocycles. The van der Waals surface area contributed by atoms with Crippen LogP contribution in [-0.2, 0) is 14.3 Å². The van der Waals surface area contributed by atoms with E-state index in [0.29, 0.717) is 24.5 Å². The van der Waals surface area contributed by atoms with Crippen LogP contribution in [-0.4, -0.2) is 19.2 Å². The predicted molar refractivity (Wildman–Crippen MR) is 62.9 cm³/mol. The van der Waals surface area contributed by atoms with E-state index in [1.54, 1.807) is 0 Å². The molecule has 0 aromatic rings. The highest BCUT2D eigenvalue weighted by Crippen LogP contribution is 2.26. The Morgan fingerprint density at radius 3 is 2.88 bits per heavy atom. The summed E-state index contributed by atoms with van der Waals surface area (Å²) in [5.41, 5.74) is 1.60. The average Bonchev–Trinajstić information content (AvgIpc) is 2.61. The Bertz CT molecular complexity index is 313. The quantitative estimate of drug-likeness (QED) is 0.532. The van der Waals surface area contributed by atoms with Crippen molar-refractivity contribution in [1.82, 2.24) is 0 Å². The van der Waals surface area contributed by atoms with Gasteiger partial charge in [0.15, 0.2) is 0 Å². The van der Waals surface area contributed by atoms with Crippen LogP contribution in [0.15, 0.2) is 23.0 Å². The van der Waals surface area contributed by atoms with Crippen molar-refractivity contribution in [3.8, 4) is 0 Å². The molecule has 0 atom stereocenters. The van der Waals surface area contributed by atoms with E-state index in [0.717, 1.165) is 24.8 Å². The molecule has 0 unspecified atom stereocenters. The van der Waals surface area contributed by atoms with Crippen molar-refractivity contribution < 1.29 is 14.3 Å². The molecule has 16 heavy (non-hydrogen) atoms. The van der Waals surface area contributed by atoms with Crippen LogP contribution in [0.2, 0.25) is 0 Å². The van der Waals surface area contributed by atoms with E-state index < -0.39 is 0 Å². The Labute approximate surface area is 97.1 Å². The van der Waals surface area contributed by atoms with Crippen LogP contribution >= 0.6 is 0 Å². The van der Waals surface area contributed by atoms with Gasteiger partial charge in [0.25, 0.3) is 0 Å². The number of ether oxygens (including phenoxy) is 2. The molecule has 1 rings (SSSR count). The van der Waals surface area contributed by atoms with E-state index in [1.165, 1.54) is 0 Å². The molecule has 0 spiro atoms. The van der Waals surface area contributed by atoms with Crippen LogP contribution in [0.1, 0.15) is 40.0 Å². The van der Waals surface area contributed by atoms with Crippen molar-refractivity contribution in [2.45, 2.75) is 40.0 Å². The fourth-order valence-electron chi connectivity index (χ4n) is 1.68. The third-order valence-electron chi connectivity index (χ3n) is 2.55. The minimum Gasteiger partial charge on any atom is -0.493 e. The zero-order chi connectivity index (χ0) is 12.0. The van der Waals surface area contributed by atoms with E-state index in [1.807, 2.05) is 13.8 Å². The molecule has 0 saturated carbocycles. The van der Waals surface area contributed by atoms with Gasteiger partial charge in [-0.25, -0.2) is 4.79 Å². The zero-order valence-corrected chi connectivity index (χ0v) is 10.3. The third kappa shape index (κ3) is 3.12. The van der Waals surface area contributed by atoms with Gasteiger partial charge in [0.05, 0.1) is 6.61 Å². The van der Waals surface area contributed by atoms with Gasteiger partial charge in [-0.2, -0.15) is 0 Å². The summed E-state index contributed by atoms with van der Waals surface area (Å²) < 4.78 is 10.4. The Morgan fingerprint density at radius 1 is 1.50 bits per heavy atom. The molecular formula is C13H20O3. The Morgan fingerprint density at radius 2 is 2.25 bits per heavy atom. The topological polar surface area (TPSA) is 35.5 Å². The van der Waals surface area contributed by atoms with E-state index >= 15 is 0 Å². The molecule has 0 amide bonds. The van der Waals surface area contributed by atoms with E-state index in [9.17, 15) is 4.79 Å². The number of esters is 1. The molecule has 0 bridgehead atoms. The van der Waals surface area contributed by atoms with Gasteiger partial charge in [-0.05, 0) is 20.3 Å². The zero-order valence-electron chi connectivity index (χ0n) is 10.3. The molecule has 3 heteroatoms. The highest BCUT2D eigenvalue weighted by Gasteiger charge is 2.25. The van der Waals surface area contributed by atoms with Crippen LogP contribution < -0.4 is 0 Å². The van der Waals surface area contributed by atoms with Crippen molar-refractivity contribution in [3.05, 3.63) is 23.0 Å². The number of allylic oxidation sites excluding steroid dienone is 2. The smallest absolute Gasteiger partial charge is 0.341 e. The summed E-state index contributed by atoms with van der Waals surface area (Å²) in [5, 5.41) is 0. The fourth-order valence-corrected chi connectivity index (χ4v) is 1.68. The number of hydrogen-bond acceptors (Lipinski definition) is 3. The van der Waals surface area contributed by atoms with Crippen LogP contribution in [0, 0.1) is 0 Å². The first kappa shape index (κ1) is 12.8. The lowest BCUT2D eigenvalue weighted by molar-refractivity contribution is -0.138. The maximum absolute atomic E-state index is 11.7. The minimum absolute atomic E-state index is 0.264. The maximum Gasteiger partial charge on any atom is 0.341 e. The first-order chi connectivity index (χ1) is 7.70. The Hall–Kier alpha value is -1.25. The molecule has 1 aliphatic heterocycles. The summed E-state index contributed by atoms with van der Waals surface area (Å²) in [6, 6.07) is 0. The summed E-state index contributed by atoms with van der Waals surface area (Å²) in [7, 11) is 0. The van der Waals surface area contributed by atoms with Gasteiger partial charge in [0, 0.05) is 5.57 Å². The van der Waals surface area contributed by atoms with Gasteiger partial charge in [-0.15, -0.1) is 0 Å². The third-order valence-corrected chi connectivity index (χ3v) is 2.55. The summed E-state index contributed by atoms with van der Waals surface area (Å²) >= 11 is 0. The largest absolute Gasteiger partial charge is 0.493 e. The number of carbonyl (C=O) groups is 1. The van der Waals surface area contributed by atoms with Gasteiger partial charge in [0.2, 0.25) is 0 Å². The normalized spacial score (nSPS) is 17.8. The molecule has 0 radical (unpaired) electrons. The molecule has 3 nitrogen and oxygen atoms in total. The molecule has 0 saturated heterocycles. The van der Waals surface area contributed by atoms with Crippen LogP contribution in [0.5, 0.6) is 0 Å². The predicted octanol–water partition coefficient (Wildman–Crippen LogP) is 2.97. The van der Waals surface area contributed by atoms with Crippen molar-refractivity contribution in [2.75, 3.05) is 13.2 Å². The van der Waals surface area contributed by atoms with Gasteiger partial charge >= 0.3 is 5.97 Å². The highest BCUT2D eigenvalue weighted by molar-refractivity contribution is 5.94. The molecule has 0 N–H and O–H groups in total. The second-order valence-corrected chi connectivity index (χ2v) is 3.81. The monoisotopic (exact) mass is 224 g/mol. The van der Waals surface area contributed by atoms with Crippen molar-refractivity contribution in [3.63, 3.8) is 0 Å². The molecule has 0 aromatic heterocycles. The van der Waals surface area contributed by atoms with E-state index in [-0.39, 0.29) is 5.97 Å². The van der Waals surface area contributed by atoms with E-state index in [2.05, 4.69) is 13.0 Å². The van der Waals surface area contributed by atoms with Crippen molar-refractivity contribution >= 4 is 5.97 Å². The SMILES string of the molecule is CCCC/C=C1\COC(C)=C1C(=O)OCC. The number of hydrogen-bond donors (Lipinski definition) is 0. The van der Waals surface area contributed by atoms with Crippen LogP contribution in [0.3, 0.4) is 0 Å². The summed E-state index contributed by atoms with van der Waals surface area (Å²) in [5.74, 6) is 0.418. The lowest BCUT2D eigenvalue weighted by Crippen LogP contribution is -2.09. The average molecular weight is 224 g/mol.